The highest BCUT2D eigenvalue weighted by Gasteiger charge is 2.32. The van der Waals surface area contributed by atoms with Gasteiger partial charge in [0.2, 0.25) is 0 Å². The Kier molecular flexibility index (Phi) is 5.68. The van der Waals surface area contributed by atoms with Gasteiger partial charge in [-0.3, -0.25) is 4.68 Å². The second-order valence-electron chi connectivity index (χ2n) is 6.94. The van der Waals surface area contributed by atoms with Crippen molar-refractivity contribution in [3.05, 3.63) is 11.9 Å². The zero-order valence-electron chi connectivity index (χ0n) is 15.1. The molecule has 1 fully saturated rings. The van der Waals surface area contributed by atoms with Gasteiger partial charge in [0, 0.05) is 13.1 Å². The van der Waals surface area contributed by atoms with Gasteiger partial charge in [0.15, 0.2) is 0 Å². The number of hydrogen-bond acceptors (Lipinski definition) is 3. The van der Waals surface area contributed by atoms with Gasteiger partial charge in [0.1, 0.15) is 0 Å². The van der Waals surface area contributed by atoms with Crippen LogP contribution in [-0.2, 0) is 17.7 Å². The smallest absolute Gasteiger partial charge is 0.322 e. The van der Waals surface area contributed by atoms with Gasteiger partial charge in [-0.25, -0.2) is 4.79 Å². The summed E-state index contributed by atoms with van der Waals surface area (Å²) in [5.41, 5.74) is 1.66. The molecule has 23 heavy (non-hydrogen) atoms. The van der Waals surface area contributed by atoms with E-state index in [0.29, 0.717) is 25.6 Å². The quantitative estimate of drug-likeness (QED) is 0.906. The zero-order chi connectivity index (χ0) is 17.0. The van der Waals surface area contributed by atoms with Gasteiger partial charge in [0.25, 0.3) is 0 Å². The molecule has 0 radical (unpaired) electrons. The normalized spacial score (nSPS) is 21.7. The van der Waals surface area contributed by atoms with Crippen LogP contribution in [0.2, 0.25) is 0 Å². The van der Waals surface area contributed by atoms with Crippen LogP contribution in [0, 0.1) is 5.92 Å². The number of aromatic nitrogens is 2. The summed E-state index contributed by atoms with van der Waals surface area (Å²) in [7, 11) is 0. The van der Waals surface area contributed by atoms with E-state index in [1.807, 2.05) is 9.58 Å². The number of carbonyl (C=O) groups excluding carboxylic acids is 1. The lowest BCUT2D eigenvalue weighted by molar-refractivity contribution is -0.0860. The standard InChI is InChI=1S/C17H30N4O2/c1-6-15-14(10-18-21(15)11-13(3)4)19-16(22)20-8-9-23-17(5,7-2)12-20/h10,13H,6-9,11-12H2,1-5H3,(H,19,22)/t17-/m0/s1. The minimum absolute atomic E-state index is 0.0632. The van der Waals surface area contributed by atoms with Crippen molar-refractivity contribution in [2.75, 3.05) is 25.0 Å². The highest BCUT2D eigenvalue weighted by molar-refractivity contribution is 5.90. The van der Waals surface area contributed by atoms with Crippen molar-refractivity contribution < 1.29 is 9.53 Å². The van der Waals surface area contributed by atoms with E-state index in [4.69, 9.17) is 4.74 Å². The van der Waals surface area contributed by atoms with Crippen molar-refractivity contribution in [3.63, 3.8) is 0 Å². The van der Waals surface area contributed by atoms with Crippen molar-refractivity contribution in [1.29, 1.82) is 0 Å². The molecular formula is C17H30N4O2. The SMILES string of the molecule is CCc1c(NC(=O)N2CCO[C@@](C)(CC)C2)cnn1CC(C)C. The summed E-state index contributed by atoms with van der Waals surface area (Å²) in [5.74, 6) is 0.522. The topological polar surface area (TPSA) is 59.4 Å². The van der Waals surface area contributed by atoms with Gasteiger partial charge in [-0.05, 0) is 25.7 Å². The summed E-state index contributed by atoms with van der Waals surface area (Å²) in [5, 5.41) is 7.46. The minimum Gasteiger partial charge on any atom is -0.372 e. The zero-order valence-corrected chi connectivity index (χ0v) is 15.1. The molecule has 1 N–H and O–H groups in total. The Labute approximate surface area is 139 Å². The number of hydrogen-bond donors (Lipinski definition) is 1. The second-order valence-corrected chi connectivity index (χ2v) is 6.94. The molecule has 0 unspecified atom stereocenters. The Morgan fingerprint density at radius 3 is 2.83 bits per heavy atom. The van der Waals surface area contributed by atoms with Gasteiger partial charge < -0.3 is 15.0 Å². The number of amides is 2. The molecule has 0 aliphatic carbocycles. The summed E-state index contributed by atoms with van der Waals surface area (Å²) in [6.45, 7) is 13.3. The highest BCUT2D eigenvalue weighted by atomic mass is 16.5. The maximum Gasteiger partial charge on any atom is 0.322 e. The first-order valence-corrected chi connectivity index (χ1v) is 8.63. The van der Waals surface area contributed by atoms with E-state index >= 15 is 0 Å². The van der Waals surface area contributed by atoms with E-state index in [1.54, 1.807) is 6.20 Å². The Hall–Kier alpha value is -1.56. The van der Waals surface area contributed by atoms with E-state index in [-0.39, 0.29) is 11.6 Å². The molecule has 0 aromatic carbocycles. The van der Waals surface area contributed by atoms with Gasteiger partial charge in [-0.1, -0.05) is 27.7 Å². The van der Waals surface area contributed by atoms with Crippen LogP contribution in [0.1, 0.15) is 46.7 Å². The predicted octanol–water partition coefficient (Wildman–Crippen LogP) is 3.13. The summed E-state index contributed by atoms with van der Waals surface area (Å²) >= 11 is 0. The molecule has 0 bridgehead atoms. The van der Waals surface area contributed by atoms with Crippen LogP contribution in [-0.4, -0.2) is 46.0 Å². The van der Waals surface area contributed by atoms with Crippen LogP contribution >= 0.6 is 0 Å². The third kappa shape index (κ3) is 4.25. The highest BCUT2D eigenvalue weighted by Crippen LogP contribution is 2.23. The number of nitrogens with one attached hydrogen (secondary N) is 1. The lowest BCUT2D eigenvalue weighted by atomic mass is 10.0. The molecule has 0 spiro atoms. The van der Waals surface area contributed by atoms with Crippen molar-refractivity contribution in [1.82, 2.24) is 14.7 Å². The fraction of sp³-hybridized carbons (Fsp3) is 0.765. The van der Waals surface area contributed by atoms with Gasteiger partial charge >= 0.3 is 6.03 Å². The lowest BCUT2D eigenvalue weighted by Crippen LogP contribution is -2.53. The van der Waals surface area contributed by atoms with Crippen molar-refractivity contribution >= 4 is 11.7 Å². The number of anilines is 1. The Balaban J connectivity index is 2.07. The molecule has 1 saturated heterocycles. The first-order valence-electron chi connectivity index (χ1n) is 8.63. The largest absolute Gasteiger partial charge is 0.372 e. The molecule has 6 heteroatoms. The molecular weight excluding hydrogens is 292 g/mol. The summed E-state index contributed by atoms with van der Waals surface area (Å²) in [4.78, 5) is 14.4. The molecule has 1 aromatic heterocycles. The van der Waals surface area contributed by atoms with Crippen LogP contribution < -0.4 is 5.32 Å². The lowest BCUT2D eigenvalue weighted by Gasteiger charge is -2.39. The molecule has 1 aliphatic rings. The number of nitrogens with zero attached hydrogens (tertiary/aromatic N) is 3. The van der Waals surface area contributed by atoms with Crippen molar-refractivity contribution in [2.24, 2.45) is 5.92 Å². The van der Waals surface area contributed by atoms with Crippen LogP contribution in [0.25, 0.3) is 0 Å². The predicted molar refractivity (Wildman–Crippen MR) is 91.7 cm³/mol. The van der Waals surface area contributed by atoms with Crippen LogP contribution in [0.3, 0.4) is 0 Å². The first kappa shape index (κ1) is 17.8. The average molecular weight is 322 g/mol. The molecule has 130 valence electrons. The van der Waals surface area contributed by atoms with Crippen molar-refractivity contribution in [3.8, 4) is 0 Å². The fourth-order valence-electron chi connectivity index (χ4n) is 2.90. The number of carbonyl (C=O) groups is 1. The molecule has 2 rings (SSSR count). The number of ether oxygens (including phenoxy) is 1. The first-order chi connectivity index (χ1) is 10.9. The second kappa shape index (κ2) is 7.34. The molecule has 2 amide bonds. The Morgan fingerprint density at radius 1 is 1.48 bits per heavy atom. The Morgan fingerprint density at radius 2 is 2.22 bits per heavy atom. The summed E-state index contributed by atoms with van der Waals surface area (Å²) < 4.78 is 7.80. The van der Waals surface area contributed by atoms with E-state index in [9.17, 15) is 4.79 Å². The number of rotatable bonds is 5. The Bertz CT molecular complexity index is 541. The van der Waals surface area contributed by atoms with Gasteiger partial charge in [0.05, 0.1) is 36.3 Å². The minimum atomic E-state index is -0.245. The van der Waals surface area contributed by atoms with Crippen molar-refractivity contribution in [2.45, 2.75) is 59.6 Å². The number of urea groups is 1. The third-order valence-corrected chi connectivity index (χ3v) is 4.44. The third-order valence-electron chi connectivity index (χ3n) is 4.44. The fourth-order valence-corrected chi connectivity index (χ4v) is 2.90. The van der Waals surface area contributed by atoms with Crippen LogP contribution in [0.15, 0.2) is 6.20 Å². The molecule has 1 atom stereocenters. The monoisotopic (exact) mass is 322 g/mol. The molecule has 1 aliphatic heterocycles. The van der Waals surface area contributed by atoms with Gasteiger partial charge in [-0.2, -0.15) is 5.10 Å². The maximum absolute atomic E-state index is 12.6. The van der Waals surface area contributed by atoms with E-state index in [0.717, 1.165) is 30.8 Å². The van der Waals surface area contributed by atoms with E-state index in [2.05, 4.69) is 45.0 Å². The average Bonchev–Trinajstić information content (AvgIpc) is 2.88. The van der Waals surface area contributed by atoms with E-state index in [1.165, 1.54) is 0 Å². The van der Waals surface area contributed by atoms with Gasteiger partial charge in [-0.15, -0.1) is 0 Å². The molecule has 2 heterocycles. The molecule has 0 saturated carbocycles. The molecule has 6 nitrogen and oxygen atoms in total. The van der Waals surface area contributed by atoms with Crippen LogP contribution in [0.4, 0.5) is 10.5 Å². The summed E-state index contributed by atoms with van der Waals surface area (Å²) in [6.07, 6.45) is 3.50. The van der Waals surface area contributed by atoms with Crippen LogP contribution in [0.5, 0.6) is 0 Å². The van der Waals surface area contributed by atoms with E-state index < -0.39 is 0 Å². The maximum atomic E-state index is 12.6. The summed E-state index contributed by atoms with van der Waals surface area (Å²) in [6, 6.07) is -0.0632. The number of morpholine rings is 1. The molecule has 1 aromatic rings.